The van der Waals surface area contributed by atoms with Crippen LogP contribution in [0.25, 0.3) is 0 Å². The highest BCUT2D eigenvalue weighted by Gasteiger charge is 2.58. The van der Waals surface area contributed by atoms with Gasteiger partial charge in [-0.1, -0.05) is 60.3 Å². The molecule has 0 aromatic heterocycles. The van der Waals surface area contributed by atoms with Gasteiger partial charge in [-0.05, 0) is 43.3 Å². The van der Waals surface area contributed by atoms with Gasteiger partial charge in [0.2, 0.25) is 0 Å². The lowest BCUT2D eigenvalue weighted by Gasteiger charge is -2.50. The van der Waals surface area contributed by atoms with Crippen LogP contribution < -0.4 is 0 Å². The molecular weight excluding hydrogens is 738 g/mol. The van der Waals surface area contributed by atoms with Crippen LogP contribution in [0.5, 0.6) is 0 Å². The monoisotopic (exact) mass is 777 g/mol. The molecule has 3 aromatic carbocycles. The average Bonchev–Trinajstić information content (AvgIpc) is 3.40. The zero-order valence-electron chi connectivity index (χ0n) is 30.2. The van der Waals surface area contributed by atoms with Gasteiger partial charge in [-0.15, -0.1) is 0 Å². The zero-order chi connectivity index (χ0) is 39.4. The van der Waals surface area contributed by atoms with Crippen LogP contribution in [0.3, 0.4) is 0 Å². The van der Waals surface area contributed by atoms with E-state index in [0.29, 0.717) is 4.90 Å². The van der Waals surface area contributed by atoms with Crippen molar-refractivity contribution >= 4 is 47.5 Å². The number of benzene rings is 3. The third-order valence-corrected chi connectivity index (χ3v) is 10.2. The number of esters is 4. The molecule has 6 rings (SSSR count). The topological polar surface area (TPSA) is 190 Å². The van der Waals surface area contributed by atoms with Gasteiger partial charge in [0.15, 0.2) is 24.6 Å². The number of imide groups is 1. The van der Waals surface area contributed by atoms with Crippen LogP contribution in [-0.2, 0) is 47.5 Å². The molecule has 0 saturated carbocycles. The van der Waals surface area contributed by atoms with E-state index in [9.17, 15) is 33.9 Å². The van der Waals surface area contributed by atoms with Gasteiger partial charge >= 0.3 is 23.9 Å². The van der Waals surface area contributed by atoms with Crippen LogP contribution in [0.4, 0.5) is 0 Å². The van der Waals surface area contributed by atoms with E-state index in [1.54, 1.807) is 72.8 Å². The van der Waals surface area contributed by atoms with E-state index in [2.05, 4.69) is 0 Å². The molecule has 55 heavy (non-hydrogen) atoms. The minimum atomic E-state index is -1.74. The molecule has 15 nitrogen and oxygen atoms in total. The van der Waals surface area contributed by atoms with E-state index < -0.39 is 103 Å². The Morgan fingerprint density at radius 3 is 1.82 bits per heavy atom. The van der Waals surface area contributed by atoms with Crippen LogP contribution in [-0.4, -0.2) is 113 Å². The quantitative estimate of drug-likeness (QED) is 0.169. The fourth-order valence-electron chi connectivity index (χ4n) is 6.73. The maximum Gasteiger partial charge on any atom is 0.338 e. The zero-order valence-corrected chi connectivity index (χ0v) is 31.0. The van der Waals surface area contributed by atoms with Gasteiger partial charge in [0.25, 0.3) is 11.8 Å². The highest BCUT2D eigenvalue weighted by atomic mass is 32.2. The smallest absolute Gasteiger partial charge is 0.338 e. The summed E-state index contributed by atoms with van der Waals surface area (Å²) in [6, 6.07) is 21.9. The minimum Gasteiger partial charge on any atom is -0.459 e. The number of thioether (sulfide) groups is 1. The van der Waals surface area contributed by atoms with Crippen molar-refractivity contribution in [2.45, 2.75) is 93.1 Å². The normalized spacial score (nSPS) is 28.9. The van der Waals surface area contributed by atoms with Gasteiger partial charge in [0.1, 0.15) is 36.4 Å². The Bertz CT molecular complexity index is 1880. The fourth-order valence-corrected chi connectivity index (χ4v) is 7.93. The van der Waals surface area contributed by atoms with Crippen molar-refractivity contribution in [1.82, 2.24) is 4.90 Å². The number of nitrogens with zero attached hydrogens (tertiary/aromatic N) is 1. The van der Waals surface area contributed by atoms with E-state index in [1.165, 1.54) is 19.1 Å². The first kappa shape index (κ1) is 39.6. The molecule has 0 spiro atoms. The number of aliphatic hydroxyl groups is 1. The molecule has 290 valence electrons. The lowest BCUT2D eigenvalue weighted by atomic mass is 9.95. The molecule has 0 aliphatic carbocycles. The summed E-state index contributed by atoms with van der Waals surface area (Å²) in [5, 5.41) is 12.1. The molecule has 2 amide bonds. The van der Waals surface area contributed by atoms with E-state index in [1.807, 2.05) is 0 Å². The van der Waals surface area contributed by atoms with Crippen molar-refractivity contribution in [3.8, 4) is 0 Å². The standard InChI is InChI=1S/C39H39NO14S/c1-20-31(50-21(2)41)33(51-22(3)42)34(52-23(4)43)38(49-20)54-32-29(40-35(45)26-17-11-12-18-27(26)36(40)46)39(55-25-15-9-6-10-16-25)53-28(30(32)44)19-48-37(47)24-13-7-5-8-14-24/h5-18,20,28-34,38-39,44H,19H2,1-4H3/t20-,28+,29+,30+,31+,32+,33+,34-,38-,39-/m0/s1. The van der Waals surface area contributed by atoms with Crippen LogP contribution in [0.2, 0.25) is 0 Å². The molecule has 0 radical (unpaired) electrons. The highest BCUT2D eigenvalue weighted by molar-refractivity contribution is 7.99. The number of amides is 2. The largest absolute Gasteiger partial charge is 0.459 e. The Hall–Kier alpha value is -5.13. The Morgan fingerprint density at radius 2 is 1.24 bits per heavy atom. The van der Waals surface area contributed by atoms with E-state index >= 15 is 0 Å². The number of hydrogen-bond donors (Lipinski definition) is 1. The first-order chi connectivity index (χ1) is 26.3. The number of hydrogen-bond acceptors (Lipinski definition) is 15. The van der Waals surface area contributed by atoms with Crippen molar-refractivity contribution in [3.05, 3.63) is 102 Å². The predicted molar refractivity (Wildman–Crippen MR) is 190 cm³/mol. The molecule has 2 saturated heterocycles. The molecule has 3 aromatic rings. The Kier molecular flexibility index (Phi) is 12.3. The first-order valence-electron chi connectivity index (χ1n) is 17.4. The summed E-state index contributed by atoms with van der Waals surface area (Å²) in [5.74, 6) is -4.47. The summed E-state index contributed by atoms with van der Waals surface area (Å²) in [6.45, 7) is 4.36. The summed E-state index contributed by atoms with van der Waals surface area (Å²) in [6.07, 6.45) is -11.6. The maximum atomic E-state index is 14.1. The van der Waals surface area contributed by atoms with Crippen molar-refractivity contribution < 1.29 is 67.0 Å². The van der Waals surface area contributed by atoms with Crippen molar-refractivity contribution in [2.24, 2.45) is 0 Å². The number of rotatable bonds is 11. The van der Waals surface area contributed by atoms with Crippen LogP contribution in [0.1, 0.15) is 58.8 Å². The van der Waals surface area contributed by atoms with E-state index in [-0.39, 0.29) is 16.7 Å². The summed E-state index contributed by atoms with van der Waals surface area (Å²) < 4.78 is 41.3. The van der Waals surface area contributed by atoms with Gasteiger partial charge in [-0.2, -0.15) is 0 Å². The van der Waals surface area contributed by atoms with Crippen molar-refractivity contribution in [2.75, 3.05) is 6.61 Å². The molecule has 1 N–H and O–H groups in total. The first-order valence-corrected chi connectivity index (χ1v) is 18.3. The molecule has 3 aliphatic heterocycles. The summed E-state index contributed by atoms with van der Waals surface area (Å²) in [7, 11) is 0. The second kappa shape index (κ2) is 17.1. The third-order valence-electron chi connectivity index (χ3n) is 9.07. The van der Waals surface area contributed by atoms with Crippen LogP contribution in [0, 0.1) is 0 Å². The molecule has 0 unspecified atom stereocenters. The molecule has 10 atom stereocenters. The predicted octanol–water partition coefficient (Wildman–Crippen LogP) is 3.31. The lowest BCUT2D eigenvalue weighted by Crippen LogP contribution is -2.68. The fraction of sp³-hybridized carbons (Fsp3) is 0.385. The number of fused-ring (bicyclic) bond motifs is 1. The van der Waals surface area contributed by atoms with E-state index in [0.717, 1.165) is 37.4 Å². The Balaban J connectivity index is 1.43. The number of carbonyl (C=O) groups excluding carboxylic acids is 6. The van der Waals surface area contributed by atoms with Gasteiger partial charge in [0.05, 0.1) is 22.8 Å². The summed E-state index contributed by atoms with van der Waals surface area (Å²) >= 11 is 1.12. The van der Waals surface area contributed by atoms with Crippen LogP contribution in [0.15, 0.2) is 89.8 Å². The molecule has 16 heteroatoms. The number of carbonyl (C=O) groups is 6. The molecule has 2 fully saturated rings. The van der Waals surface area contributed by atoms with Gasteiger partial charge < -0.3 is 38.3 Å². The van der Waals surface area contributed by atoms with Gasteiger partial charge in [-0.3, -0.25) is 28.9 Å². The maximum absolute atomic E-state index is 14.1. The Labute approximate surface area is 320 Å². The third kappa shape index (κ3) is 8.73. The van der Waals surface area contributed by atoms with Crippen molar-refractivity contribution in [1.29, 1.82) is 0 Å². The second-order valence-corrected chi connectivity index (χ2v) is 14.1. The minimum absolute atomic E-state index is 0.114. The lowest BCUT2D eigenvalue weighted by molar-refractivity contribution is -0.329. The summed E-state index contributed by atoms with van der Waals surface area (Å²) in [4.78, 5) is 79.8. The number of aliphatic hydroxyl groups excluding tert-OH is 1. The molecule has 3 aliphatic rings. The van der Waals surface area contributed by atoms with Gasteiger partial charge in [0, 0.05) is 25.7 Å². The highest BCUT2D eigenvalue weighted by Crippen LogP contribution is 2.41. The average molecular weight is 778 g/mol. The summed E-state index contributed by atoms with van der Waals surface area (Å²) in [5.41, 5.74) is -0.692. The van der Waals surface area contributed by atoms with Crippen molar-refractivity contribution in [3.63, 3.8) is 0 Å². The molecule has 3 heterocycles. The second-order valence-electron chi connectivity index (χ2n) is 13.0. The molecule has 0 bridgehead atoms. The number of ether oxygens (including phenoxy) is 7. The SMILES string of the molecule is CC(=O)O[C@H]1[C@H](OC(C)=O)[C@H](O[C@H]2[C@H](O)[C@@H](COC(=O)c3ccccc3)O[C@@H](Sc3ccccc3)[C@@H]2N2C(=O)c3ccccc3C2=O)O[C@@H](C)[C@H]1OC(C)=O. The van der Waals surface area contributed by atoms with Crippen LogP contribution >= 0.6 is 11.8 Å². The van der Waals surface area contributed by atoms with E-state index in [4.69, 9.17) is 33.2 Å². The molecular formula is C39H39NO14S. The van der Waals surface area contributed by atoms with Gasteiger partial charge in [-0.25, -0.2) is 4.79 Å². The Morgan fingerprint density at radius 1 is 0.709 bits per heavy atom.